The van der Waals surface area contributed by atoms with Gasteiger partial charge in [-0.15, -0.1) is 11.8 Å². The Hall–Kier alpha value is -2.41. The first kappa shape index (κ1) is 21.8. The van der Waals surface area contributed by atoms with E-state index in [-0.39, 0.29) is 5.91 Å². The molecule has 2 heterocycles. The van der Waals surface area contributed by atoms with Crippen LogP contribution in [0, 0.1) is 0 Å². The van der Waals surface area contributed by atoms with Gasteiger partial charge >= 0.3 is 0 Å². The SMILES string of the molecule is CC(C)Sc1ccc(CC(=O)N(Cc2ccccn2)c2nc3c(Cl)cccc3s2)cc1. The van der Waals surface area contributed by atoms with Crippen LogP contribution in [0.3, 0.4) is 0 Å². The van der Waals surface area contributed by atoms with E-state index in [0.717, 1.165) is 21.5 Å². The van der Waals surface area contributed by atoms with Gasteiger partial charge in [0.2, 0.25) is 5.91 Å². The Labute approximate surface area is 195 Å². The van der Waals surface area contributed by atoms with Gasteiger partial charge in [-0.3, -0.25) is 14.7 Å². The highest BCUT2D eigenvalue weighted by Gasteiger charge is 2.21. The van der Waals surface area contributed by atoms with Crippen LogP contribution in [0.2, 0.25) is 5.02 Å². The van der Waals surface area contributed by atoms with Crippen LogP contribution in [0.15, 0.2) is 71.8 Å². The number of hydrogen-bond acceptors (Lipinski definition) is 5. The van der Waals surface area contributed by atoms with E-state index in [9.17, 15) is 4.79 Å². The first-order chi connectivity index (χ1) is 15.0. The number of aromatic nitrogens is 2. The summed E-state index contributed by atoms with van der Waals surface area (Å²) in [5.74, 6) is -0.0231. The third-order valence-corrected chi connectivity index (χ3v) is 6.95. The standard InChI is InChI=1S/C24H22ClN3OS2/c1-16(2)30-19-11-9-17(10-12-19)14-22(29)28(15-18-6-3-4-13-26-18)24-27-23-20(25)7-5-8-21(23)31-24/h3-13,16H,14-15H2,1-2H3. The molecule has 0 fully saturated rings. The number of anilines is 1. The molecular formula is C24H22ClN3OS2. The van der Waals surface area contributed by atoms with Crippen LogP contribution in [0.4, 0.5) is 5.13 Å². The number of thioether (sulfide) groups is 1. The topological polar surface area (TPSA) is 46.1 Å². The molecule has 4 rings (SSSR count). The third-order valence-electron chi connectivity index (χ3n) is 4.59. The van der Waals surface area contributed by atoms with Crippen molar-refractivity contribution in [3.8, 4) is 0 Å². The van der Waals surface area contributed by atoms with Gasteiger partial charge < -0.3 is 0 Å². The molecule has 0 bridgehead atoms. The van der Waals surface area contributed by atoms with Crippen LogP contribution in [0.1, 0.15) is 25.1 Å². The van der Waals surface area contributed by atoms with Crippen LogP contribution in [0.25, 0.3) is 10.2 Å². The van der Waals surface area contributed by atoms with Gasteiger partial charge in [-0.1, -0.05) is 61.1 Å². The number of hydrogen-bond donors (Lipinski definition) is 0. The number of rotatable bonds is 7. The lowest BCUT2D eigenvalue weighted by Gasteiger charge is -2.19. The fraction of sp³-hybridized carbons (Fsp3) is 0.208. The summed E-state index contributed by atoms with van der Waals surface area (Å²) < 4.78 is 0.955. The Morgan fingerprint density at radius 3 is 2.58 bits per heavy atom. The van der Waals surface area contributed by atoms with Crippen molar-refractivity contribution in [1.82, 2.24) is 9.97 Å². The maximum Gasteiger partial charge on any atom is 0.233 e. The Kier molecular flexibility index (Phi) is 6.90. The second kappa shape index (κ2) is 9.81. The van der Waals surface area contributed by atoms with Gasteiger partial charge in [0.1, 0.15) is 5.52 Å². The Morgan fingerprint density at radius 2 is 1.90 bits per heavy atom. The molecule has 0 spiro atoms. The molecule has 0 aliphatic carbocycles. The van der Waals surface area contributed by atoms with Gasteiger partial charge in [0.05, 0.1) is 28.4 Å². The minimum absolute atomic E-state index is 0.0231. The summed E-state index contributed by atoms with van der Waals surface area (Å²) in [6.07, 6.45) is 2.03. The number of amides is 1. The summed E-state index contributed by atoms with van der Waals surface area (Å²) in [4.78, 5) is 25.4. The number of fused-ring (bicyclic) bond motifs is 1. The lowest BCUT2D eigenvalue weighted by atomic mass is 10.1. The minimum atomic E-state index is -0.0231. The maximum atomic E-state index is 13.4. The monoisotopic (exact) mass is 467 g/mol. The van der Waals surface area contributed by atoms with E-state index in [1.54, 1.807) is 11.1 Å². The zero-order valence-corrected chi connectivity index (χ0v) is 19.7. The summed E-state index contributed by atoms with van der Waals surface area (Å²) in [5, 5.41) is 1.74. The first-order valence-electron chi connectivity index (χ1n) is 10.0. The van der Waals surface area contributed by atoms with Crippen LogP contribution in [0.5, 0.6) is 0 Å². The molecule has 2 aromatic heterocycles. The molecule has 0 saturated carbocycles. The van der Waals surface area contributed by atoms with Crippen molar-refractivity contribution in [3.63, 3.8) is 0 Å². The Balaban J connectivity index is 1.61. The van der Waals surface area contributed by atoms with E-state index in [1.165, 1.54) is 16.2 Å². The number of carbonyl (C=O) groups is 1. The second-order valence-corrected chi connectivity index (χ2v) is 10.4. The summed E-state index contributed by atoms with van der Waals surface area (Å²) in [6, 6.07) is 19.6. The van der Waals surface area contributed by atoms with E-state index in [1.807, 2.05) is 60.3 Å². The molecule has 0 N–H and O–H groups in total. The Morgan fingerprint density at radius 1 is 1.10 bits per heavy atom. The van der Waals surface area contributed by atoms with E-state index in [4.69, 9.17) is 11.6 Å². The van der Waals surface area contributed by atoms with Gasteiger partial charge in [-0.2, -0.15) is 0 Å². The number of nitrogens with zero attached hydrogens (tertiary/aromatic N) is 3. The van der Waals surface area contributed by atoms with E-state index < -0.39 is 0 Å². The number of para-hydroxylation sites is 1. The molecule has 0 radical (unpaired) electrons. The van der Waals surface area contributed by atoms with Crippen molar-refractivity contribution in [1.29, 1.82) is 0 Å². The highest BCUT2D eigenvalue weighted by molar-refractivity contribution is 7.99. The molecule has 31 heavy (non-hydrogen) atoms. The summed E-state index contributed by atoms with van der Waals surface area (Å²) in [6.45, 7) is 4.70. The van der Waals surface area contributed by atoms with Crippen molar-refractivity contribution in [2.45, 2.75) is 37.0 Å². The molecule has 1 amide bonds. The normalized spacial score (nSPS) is 11.2. The molecule has 0 unspecified atom stereocenters. The van der Waals surface area contributed by atoms with E-state index in [0.29, 0.717) is 28.4 Å². The number of thiazole rings is 1. The van der Waals surface area contributed by atoms with Crippen molar-refractivity contribution >= 4 is 56.0 Å². The van der Waals surface area contributed by atoms with Crippen LogP contribution < -0.4 is 4.90 Å². The van der Waals surface area contributed by atoms with Gasteiger partial charge in [0.25, 0.3) is 0 Å². The summed E-state index contributed by atoms with van der Waals surface area (Å²) in [5.41, 5.74) is 2.51. The molecule has 4 aromatic rings. The Bertz CT molecular complexity index is 1180. The van der Waals surface area contributed by atoms with E-state index in [2.05, 4.69) is 35.9 Å². The molecule has 0 aliphatic rings. The highest BCUT2D eigenvalue weighted by Crippen LogP contribution is 2.33. The summed E-state index contributed by atoms with van der Waals surface area (Å²) >= 11 is 9.60. The van der Waals surface area contributed by atoms with Gasteiger partial charge in [0, 0.05) is 16.3 Å². The third kappa shape index (κ3) is 5.45. The lowest BCUT2D eigenvalue weighted by Crippen LogP contribution is -2.32. The molecule has 2 aromatic carbocycles. The molecule has 0 aliphatic heterocycles. The number of halogens is 1. The van der Waals surface area contributed by atoms with Gasteiger partial charge in [-0.05, 0) is 42.0 Å². The lowest BCUT2D eigenvalue weighted by molar-refractivity contribution is -0.118. The number of carbonyl (C=O) groups excluding carboxylic acids is 1. The fourth-order valence-electron chi connectivity index (χ4n) is 3.16. The van der Waals surface area contributed by atoms with Crippen LogP contribution >= 0.6 is 34.7 Å². The van der Waals surface area contributed by atoms with Crippen LogP contribution in [-0.2, 0) is 17.8 Å². The van der Waals surface area contributed by atoms with E-state index >= 15 is 0 Å². The summed E-state index contributed by atoms with van der Waals surface area (Å²) in [7, 11) is 0. The maximum absolute atomic E-state index is 13.4. The van der Waals surface area contributed by atoms with Crippen molar-refractivity contribution in [3.05, 3.63) is 83.1 Å². The first-order valence-corrected chi connectivity index (χ1v) is 12.1. The number of pyridine rings is 1. The molecule has 0 saturated heterocycles. The smallest absolute Gasteiger partial charge is 0.233 e. The second-order valence-electron chi connectivity index (χ2n) is 7.37. The molecule has 158 valence electrons. The fourth-order valence-corrected chi connectivity index (χ4v) is 5.28. The van der Waals surface area contributed by atoms with Gasteiger partial charge in [-0.25, -0.2) is 4.98 Å². The van der Waals surface area contributed by atoms with Crippen LogP contribution in [-0.4, -0.2) is 21.1 Å². The zero-order chi connectivity index (χ0) is 21.8. The average molecular weight is 468 g/mol. The molecule has 4 nitrogen and oxygen atoms in total. The highest BCUT2D eigenvalue weighted by atomic mass is 35.5. The average Bonchev–Trinajstić information content (AvgIpc) is 3.19. The predicted molar refractivity (Wildman–Crippen MR) is 131 cm³/mol. The number of benzene rings is 2. The molecule has 7 heteroatoms. The largest absolute Gasteiger partial charge is 0.282 e. The minimum Gasteiger partial charge on any atom is -0.282 e. The van der Waals surface area contributed by atoms with Crippen molar-refractivity contribution in [2.24, 2.45) is 0 Å². The zero-order valence-electron chi connectivity index (χ0n) is 17.3. The molecule has 0 atom stereocenters. The van der Waals surface area contributed by atoms with Crippen molar-refractivity contribution < 1.29 is 4.79 Å². The van der Waals surface area contributed by atoms with Crippen molar-refractivity contribution in [2.75, 3.05) is 4.90 Å². The van der Waals surface area contributed by atoms with Gasteiger partial charge in [0.15, 0.2) is 5.13 Å². The quantitative estimate of drug-likeness (QED) is 0.286. The predicted octanol–water partition coefficient (Wildman–Crippen LogP) is 6.62. The molecular weight excluding hydrogens is 446 g/mol.